The maximum Gasteiger partial charge on any atom is 0.416 e. The van der Waals surface area contributed by atoms with E-state index in [2.05, 4.69) is 9.17 Å². The Morgan fingerprint density at radius 3 is 2.58 bits per heavy atom. The lowest BCUT2D eigenvalue weighted by atomic mass is 10.2. The third-order valence-electron chi connectivity index (χ3n) is 2.10. The van der Waals surface area contributed by atoms with Crippen molar-refractivity contribution in [1.29, 1.82) is 0 Å². The van der Waals surface area contributed by atoms with Gasteiger partial charge in [-0.2, -0.15) is 21.6 Å². The molecule has 1 aromatic carbocycles. The molecule has 0 aliphatic rings. The van der Waals surface area contributed by atoms with Gasteiger partial charge in [0.2, 0.25) is 0 Å². The van der Waals surface area contributed by atoms with Crippen molar-refractivity contribution in [2.75, 3.05) is 0 Å². The van der Waals surface area contributed by atoms with Crippen molar-refractivity contribution in [1.82, 2.24) is 8.96 Å². The predicted octanol–water partition coefficient (Wildman–Crippen LogP) is 2.07. The molecule has 1 aromatic heterocycles. The molecule has 0 atom stereocenters. The van der Waals surface area contributed by atoms with Crippen molar-refractivity contribution in [3.63, 3.8) is 0 Å². The maximum absolute atomic E-state index is 12.5. The van der Waals surface area contributed by atoms with Gasteiger partial charge >= 0.3 is 16.5 Å². The summed E-state index contributed by atoms with van der Waals surface area (Å²) in [6.45, 7) is 0. The van der Waals surface area contributed by atoms with Crippen molar-refractivity contribution in [3.05, 3.63) is 48.5 Å². The number of alkyl halides is 3. The molecule has 0 amide bonds. The van der Waals surface area contributed by atoms with Crippen molar-refractivity contribution >= 4 is 10.3 Å². The molecule has 2 rings (SSSR count). The molecule has 2 aromatic rings. The molecule has 19 heavy (non-hydrogen) atoms. The Morgan fingerprint density at radius 2 is 2.00 bits per heavy atom. The lowest BCUT2D eigenvalue weighted by Crippen LogP contribution is -2.17. The molecular weight excluding hydrogens is 285 g/mol. The maximum atomic E-state index is 12.5. The molecule has 9 heteroatoms. The largest absolute Gasteiger partial charge is 0.416 e. The summed E-state index contributed by atoms with van der Waals surface area (Å²) in [4.78, 5) is 3.51. The fraction of sp³-hybridized carbons (Fsp3) is 0.100. The van der Waals surface area contributed by atoms with Gasteiger partial charge in [0.25, 0.3) is 0 Å². The summed E-state index contributed by atoms with van der Waals surface area (Å²) in [7, 11) is -4.25. The van der Waals surface area contributed by atoms with Crippen LogP contribution < -0.4 is 4.18 Å². The lowest BCUT2D eigenvalue weighted by molar-refractivity contribution is -0.137. The van der Waals surface area contributed by atoms with Crippen LogP contribution >= 0.6 is 0 Å². The molecule has 0 N–H and O–H groups in total. The Labute approximate surface area is 106 Å². The van der Waals surface area contributed by atoms with Crippen LogP contribution in [-0.2, 0) is 16.5 Å². The third kappa shape index (κ3) is 3.05. The molecule has 0 saturated carbocycles. The topological polar surface area (TPSA) is 61.2 Å². The Bertz CT molecular complexity index is 666. The van der Waals surface area contributed by atoms with Gasteiger partial charge in [0.1, 0.15) is 12.1 Å². The second kappa shape index (κ2) is 4.57. The first-order valence-electron chi connectivity index (χ1n) is 4.89. The van der Waals surface area contributed by atoms with E-state index in [9.17, 15) is 21.6 Å². The molecule has 0 bridgehead atoms. The minimum Gasteiger partial charge on any atom is -0.366 e. The van der Waals surface area contributed by atoms with E-state index >= 15 is 0 Å². The Morgan fingerprint density at radius 1 is 1.26 bits per heavy atom. The van der Waals surface area contributed by atoms with Gasteiger partial charge in [-0.05, 0) is 18.2 Å². The zero-order chi connectivity index (χ0) is 14.1. The number of imidazole rings is 1. The molecule has 0 spiro atoms. The van der Waals surface area contributed by atoms with Crippen LogP contribution in [0.1, 0.15) is 5.56 Å². The van der Waals surface area contributed by atoms with Gasteiger partial charge in [0.05, 0.1) is 5.56 Å². The molecule has 0 fully saturated rings. The molecule has 0 radical (unpaired) electrons. The zero-order valence-electron chi connectivity index (χ0n) is 9.20. The minimum atomic E-state index is -4.57. The van der Waals surface area contributed by atoms with E-state index in [0.29, 0.717) is 10.0 Å². The zero-order valence-corrected chi connectivity index (χ0v) is 10.0. The van der Waals surface area contributed by atoms with Gasteiger partial charge in [0.15, 0.2) is 0 Å². The van der Waals surface area contributed by atoms with Gasteiger partial charge in [-0.15, -0.1) is 0 Å². The fourth-order valence-corrected chi connectivity index (χ4v) is 2.07. The number of benzene rings is 1. The van der Waals surface area contributed by atoms with Crippen molar-refractivity contribution in [3.8, 4) is 5.75 Å². The summed E-state index contributed by atoms with van der Waals surface area (Å²) in [5.74, 6) is -0.427. The quantitative estimate of drug-likeness (QED) is 0.869. The Kier molecular flexibility index (Phi) is 3.23. The second-order valence-electron chi connectivity index (χ2n) is 3.46. The Hall–Kier alpha value is -2.03. The van der Waals surface area contributed by atoms with E-state index in [1.54, 1.807) is 0 Å². The molecule has 0 aliphatic carbocycles. The van der Waals surface area contributed by atoms with Crippen LogP contribution in [0.2, 0.25) is 0 Å². The van der Waals surface area contributed by atoms with Gasteiger partial charge in [-0.1, -0.05) is 6.07 Å². The lowest BCUT2D eigenvalue weighted by Gasteiger charge is -2.10. The van der Waals surface area contributed by atoms with E-state index in [-0.39, 0.29) is 0 Å². The predicted molar refractivity (Wildman–Crippen MR) is 58.6 cm³/mol. The number of nitrogens with zero attached hydrogens (tertiary/aromatic N) is 2. The van der Waals surface area contributed by atoms with Crippen molar-refractivity contribution in [2.45, 2.75) is 6.18 Å². The number of rotatable bonds is 3. The summed E-state index contributed by atoms with van der Waals surface area (Å²) in [5, 5.41) is 0. The summed E-state index contributed by atoms with van der Waals surface area (Å²) < 4.78 is 65.9. The van der Waals surface area contributed by atoms with Gasteiger partial charge in [0, 0.05) is 12.4 Å². The van der Waals surface area contributed by atoms with Gasteiger partial charge < -0.3 is 4.18 Å². The second-order valence-corrected chi connectivity index (χ2v) is 4.90. The summed E-state index contributed by atoms with van der Waals surface area (Å²) in [5.41, 5.74) is -0.995. The number of aromatic nitrogens is 2. The molecule has 0 unspecified atom stereocenters. The average Bonchev–Trinajstić information content (AvgIpc) is 2.81. The summed E-state index contributed by atoms with van der Waals surface area (Å²) >= 11 is 0. The Balaban J connectivity index is 2.30. The van der Waals surface area contributed by atoms with E-state index < -0.39 is 27.8 Å². The van der Waals surface area contributed by atoms with Crippen LogP contribution in [0.3, 0.4) is 0 Å². The van der Waals surface area contributed by atoms with Crippen LogP contribution in [0.5, 0.6) is 5.75 Å². The first kappa shape index (κ1) is 13.4. The van der Waals surface area contributed by atoms with Crippen molar-refractivity contribution in [2.24, 2.45) is 0 Å². The normalized spacial score (nSPS) is 12.4. The molecule has 1 heterocycles. The van der Waals surface area contributed by atoms with Crippen molar-refractivity contribution < 1.29 is 25.8 Å². The minimum absolute atomic E-state index is 0.427. The molecule has 0 aliphatic heterocycles. The molecule has 102 valence electrons. The standard InChI is InChI=1S/C10H7F3N2O3S/c11-10(12,13)8-2-1-3-9(6-8)18-19(16,17)15-5-4-14-7-15/h1-7H. The van der Waals surface area contributed by atoms with Crippen LogP contribution in [0.25, 0.3) is 0 Å². The first-order chi connectivity index (χ1) is 8.79. The molecular formula is C10H7F3N2O3S. The van der Waals surface area contributed by atoms with E-state index in [4.69, 9.17) is 0 Å². The summed E-state index contributed by atoms with van der Waals surface area (Å²) in [6.07, 6.45) is -1.31. The highest BCUT2D eigenvalue weighted by Crippen LogP contribution is 2.31. The highest BCUT2D eigenvalue weighted by Gasteiger charge is 2.31. The van der Waals surface area contributed by atoms with Crippen LogP contribution in [0.4, 0.5) is 13.2 Å². The molecule has 5 nitrogen and oxygen atoms in total. The van der Waals surface area contributed by atoms with Crippen LogP contribution in [-0.4, -0.2) is 17.4 Å². The third-order valence-corrected chi connectivity index (χ3v) is 3.24. The average molecular weight is 292 g/mol. The van der Waals surface area contributed by atoms with E-state index in [1.165, 1.54) is 6.20 Å². The first-order valence-corrected chi connectivity index (χ1v) is 6.26. The highest BCUT2D eigenvalue weighted by molar-refractivity contribution is 7.85. The fourth-order valence-electron chi connectivity index (χ4n) is 1.27. The van der Waals surface area contributed by atoms with Crippen LogP contribution in [0, 0.1) is 0 Å². The SMILES string of the molecule is O=S(=O)(Oc1cccc(C(F)(F)F)c1)n1ccnc1. The number of hydrogen-bond donors (Lipinski definition) is 0. The molecule has 0 saturated heterocycles. The van der Waals surface area contributed by atoms with Gasteiger partial charge in [-0.3, -0.25) is 0 Å². The smallest absolute Gasteiger partial charge is 0.366 e. The number of hydrogen-bond acceptors (Lipinski definition) is 4. The van der Waals surface area contributed by atoms with E-state index in [0.717, 1.165) is 30.7 Å². The van der Waals surface area contributed by atoms with E-state index in [1.807, 2.05) is 0 Å². The highest BCUT2D eigenvalue weighted by atomic mass is 32.2. The summed E-state index contributed by atoms with van der Waals surface area (Å²) in [6, 6.07) is 3.59. The van der Waals surface area contributed by atoms with Crippen LogP contribution in [0.15, 0.2) is 43.0 Å². The monoisotopic (exact) mass is 292 g/mol. The number of halogens is 3. The van der Waals surface area contributed by atoms with Gasteiger partial charge in [-0.25, -0.2) is 8.96 Å².